The maximum Gasteiger partial charge on any atom is 0.213 e. The van der Waals surface area contributed by atoms with E-state index >= 15 is 0 Å². The van der Waals surface area contributed by atoms with Gasteiger partial charge in [-0.2, -0.15) is 0 Å². The molecule has 0 unspecified atom stereocenters. The minimum absolute atomic E-state index is 0.873. The summed E-state index contributed by atoms with van der Waals surface area (Å²) in [5, 5.41) is 13.5. The number of benzene rings is 9. The Morgan fingerprint density at radius 2 is 0.940 bits per heavy atom. The number of fused-ring (bicyclic) bond motifs is 10. The van der Waals surface area contributed by atoms with Gasteiger partial charge in [0.25, 0.3) is 0 Å². The summed E-state index contributed by atoms with van der Waals surface area (Å²) in [6.07, 6.45) is 0. The van der Waals surface area contributed by atoms with Gasteiger partial charge < -0.3 is 4.42 Å². The molecule has 0 amide bonds. The fraction of sp³-hybridized carbons (Fsp3) is 0. The highest BCUT2D eigenvalue weighted by Crippen LogP contribution is 2.48. The van der Waals surface area contributed by atoms with Crippen LogP contribution >= 0.6 is 0 Å². The topological polar surface area (TPSA) is 18.1 Å². The molecule has 2 heteroatoms. The zero-order valence-corrected chi connectivity index (χ0v) is 27.1. The Hall–Kier alpha value is -6.64. The van der Waals surface area contributed by atoms with Gasteiger partial charge in [-0.25, -0.2) is 0 Å². The van der Waals surface area contributed by atoms with E-state index in [0.29, 0.717) is 0 Å². The largest absolute Gasteiger partial charge is 0.439 e. The minimum atomic E-state index is 0.873. The van der Waals surface area contributed by atoms with Crippen LogP contribution in [0.15, 0.2) is 180 Å². The molecule has 232 valence electrons. The van der Waals surface area contributed by atoms with Crippen molar-refractivity contribution in [2.24, 2.45) is 0 Å². The minimum Gasteiger partial charge on any atom is -0.439 e. The first-order valence-electron chi connectivity index (χ1n) is 17.2. The van der Waals surface area contributed by atoms with Crippen LogP contribution in [0.3, 0.4) is 0 Å². The van der Waals surface area contributed by atoms with Crippen molar-refractivity contribution in [3.8, 4) is 27.9 Å². The molecule has 50 heavy (non-hydrogen) atoms. The number of para-hydroxylation sites is 2. The molecule has 9 aromatic carbocycles. The molecule has 11 aromatic rings. The lowest BCUT2D eigenvalue weighted by molar-refractivity contribution is 0.645. The number of hydrogen-bond acceptors (Lipinski definition) is 1. The van der Waals surface area contributed by atoms with E-state index in [1.54, 1.807) is 0 Å². The van der Waals surface area contributed by atoms with Crippen LogP contribution in [0.4, 0.5) is 0 Å². The summed E-state index contributed by atoms with van der Waals surface area (Å²) < 4.78 is 8.86. The van der Waals surface area contributed by atoms with Gasteiger partial charge in [0.1, 0.15) is 5.58 Å². The molecule has 0 saturated heterocycles. The first-order chi connectivity index (χ1) is 24.8. The number of hydrogen-bond donors (Lipinski definition) is 0. The molecule has 0 radical (unpaired) electrons. The van der Waals surface area contributed by atoms with Crippen LogP contribution in [0, 0.1) is 0 Å². The van der Waals surface area contributed by atoms with E-state index in [-0.39, 0.29) is 0 Å². The van der Waals surface area contributed by atoms with Gasteiger partial charge in [-0.15, -0.1) is 0 Å². The Labute approximate surface area is 288 Å². The highest BCUT2D eigenvalue weighted by molar-refractivity contribution is 6.27. The third-order valence-electron chi connectivity index (χ3n) is 10.6. The van der Waals surface area contributed by atoms with Gasteiger partial charge in [-0.1, -0.05) is 140 Å². The average Bonchev–Trinajstić information content (AvgIpc) is 3.71. The predicted molar refractivity (Wildman–Crippen MR) is 211 cm³/mol. The molecular weight excluding hydrogens is 607 g/mol. The predicted octanol–water partition coefficient (Wildman–Crippen LogP) is 13.5. The van der Waals surface area contributed by atoms with Crippen molar-refractivity contribution in [2.75, 3.05) is 0 Å². The molecule has 2 aromatic heterocycles. The quantitative estimate of drug-likeness (QED) is 0.140. The zero-order chi connectivity index (χ0) is 32.8. The fourth-order valence-electron chi connectivity index (χ4n) is 8.47. The van der Waals surface area contributed by atoms with Crippen molar-refractivity contribution in [3.63, 3.8) is 0 Å². The summed E-state index contributed by atoms with van der Waals surface area (Å²) in [6, 6.07) is 63.8. The van der Waals surface area contributed by atoms with Gasteiger partial charge >= 0.3 is 0 Å². The van der Waals surface area contributed by atoms with Crippen LogP contribution in [0.1, 0.15) is 0 Å². The number of rotatable bonds is 3. The van der Waals surface area contributed by atoms with E-state index in [1.807, 2.05) is 6.07 Å². The summed E-state index contributed by atoms with van der Waals surface area (Å²) in [4.78, 5) is 0. The highest BCUT2D eigenvalue weighted by atomic mass is 16.3. The van der Waals surface area contributed by atoms with Crippen LogP contribution in [0.5, 0.6) is 0 Å². The average molecular weight is 636 g/mol. The molecule has 0 bridgehead atoms. The number of nitrogens with zero attached hydrogens (tertiary/aromatic N) is 1. The Morgan fingerprint density at radius 1 is 0.380 bits per heavy atom. The van der Waals surface area contributed by atoms with E-state index in [4.69, 9.17) is 4.42 Å². The Morgan fingerprint density at radius 3 is 1.66 bits per heavy atom. The first-order valence-corrected chi connectivity index (χ1v) is 17.2. The van der Waals surface area contributed by atoms with Gasteiger partial charge in [-0.05, 0) is 102 Å². The summed E-state index contributed by atoms with van der Waals surface area (Å²) >= 11 is 0. The maximum atomic E-state index is 6.60. The van der Waals surface area contributed by atoms with Gasteiger partial charge in [0.05, 0.1) is 10.9 Å². The third kappa shape index (κ3) is 3.79. The van der Waals surface area contributed by atoms with Crippen molar-refractivity contribution in [1.82, 2.24) is 4.57 Å². The lowest BCUT2D eigenvalue weighted by Crippen LogP contribution is -1.93. The lowest BCUT2D eigenvalue weighted by atomic mass is 9.83. The number of aromatic nitrogens is 1. The summed E-state index contributed by atoms with van der Waals surface area (Å²) in [6.45, 7) is 0. The second-order valence-corrected chi connectivity index (χ2v) is 13.2. The normalized spacial score (nSPS) is 12.0. The standard InChI is InChI=1S/C48H29NO/c1-2-15-32(16-3-1)49-43-27-26-31(29-42(43)47-40-24-12-13-25-44(40)50-48(47)49)45-36-20-8-10-22-38(36)46(39-23-11-9-21-37(39)45)41-28-30-14-4-5-17-33(30)34-18-6-7-19-35(34)41/h1-29H. The van der Waals surface area contributed by atoms with E-state index in [9.17, 15) is 0 Å². The molecule has 0 atom stereocenters. The first kappa shape index (κ1) is 27.3. The van der Waals surface area contributed by atoms with Gasteiger partial charge in [0.15, 0.2) is 0 Å². The van der Waals surface area contributed by atoms with E-state index in [1.165, 1.54) is 70.7 Å². The van der Waals surface area contributed by atoms with E-state index in [2.05, 4.69) is 174 Å². The Kier molecular flexibility index (Phi) is 5.70. The van der Waals surface area contributed by atoms with E-state index < -0.39 is 0 Å². The molecule has 0 fully saturated rings. The molecule has 11 rings (SSSR count). The van der Waals surface area contributed by atoms with Crippen LogP contribution in [-0.2, 0) is 0 Å². The van der Waals surface area contributed by atoms with E-state index in [0.717, 1.165) is 33.3 Å². The fourth-order valence-corrected chi connectivity index (χ4v) is 8.47. The zero-order valence-electron chi connectivity index (χ0n) is 27.1. The second kappa shape index (κ2) is 10.4. The summed E-state index contributed by atoms with van der Waals surface area (Å²) in [7, 11) is 0. The highest BCUT2D eigenvalue weighted by Gasteiger charge is 2.22. The van der Waals surface area contributed by atoms with Crippen molar-refractivity contribution < 1.29 is 4.42 Å². The molecule has 0 aliphatic heterocycles. The molecule has 0 aliphatic carbocycles. The Bertz CT molecular complexity index is 3090. The molecule has 0 N–H and O–H groups in total. The van der Waals surface area contributed by atoms with Crippen molar-refractivity contribution >= 4 is 76.1 Å². The van der Waals surface area contributed by atoms with Crippen molar-refractivity contribution in [1.29, 1.82) is 0 Å². The monoisotopic (exact) mass is 635 g/mol. The summed E-state index contributed by atoms with van der Waals surface area (Å²) in [5.74, 6) is 0. The molecule has 0 aliphatic rings. The van der Waals surface area contributed by atoms with Gasteiger partial charge in [0, 0.05) is 16.5 Å². The van der Waals surface area contributed by atoms with Crippen molar-refractivity contribution in [2.45, 2.75) is 0 Å². The SMILES string of the molecule is c1ccc(-n2c3ccc(-c4c5ccccc5c(-c5cc6ccccc6c6ccccc56)c5ccccc45)cc3c3c4ccccc4oc32)cc1. The molecule has 2 nitrogen and oxygen atoms in total. The molecular formula is C48H29NO. The van der Waals surface area contributed by atoms with Crippen LogP contribution in [0.25, 0.3) is 104 Å². The lowest BCUT2D eigenvalue weighted by Gasteiger charge is -2.19. The molecule has 0 saturated carbocycles. The Balaban J connectivity index is 1.26. The van der Waals surface area contributed by atoms with Crippen LogP contribution < -0.4 is 0 Å². The van der Waals surface area contributed by atoms with Gasteiger partial charge in [0.2, 0.25) is 5.71 Å². The maximum absolute atomic E-state index is 6.60. The summed E-state index contributed by atoms with van der Waals surface area (Å²) in [5.41, 5.74) is 8.98. The van der Waals surface area contributed by atoms with Crippen molar-refractivity contribution in [3.05, 3.63) is 176 Å². The molecule has 2 heterocycles. The van der Waals surface area contributed by atoms with Crippen LogP contribution in [0.2, 0.25) is 0 Å². The number of furan rings is 1. The third-order valence-corrected chi connectivity index (χ3v) is 10.6. The van der Waals surface area contributed by atoms with Crippen LogP contribution in [-0.4, -0.2) is 4.57 Å². The second-order valence-electron chi connectivity index (χ2n) is 13.2. The smallest absolute Gasteiger partial charge is 0.213 e. The molecule has 0 spiro atoms. The van der Waals surface area contributed by atoms with Gasteiger partial charge in [-0.3, -0.25) is 4.57 Å².